The van der Waals surface area contributed by atoms with E-state index in [1.54, 1.807) is 24.3 Å². The van der Waals surface area contributed by atoms with Crippen LogP contribution in [-0.2, 0) is 4.79 Å². The van der Waals surface area contributed by atoms with E-state index >= 15 is 0 Å². The molecule has 1 aromatic carbocycles. The number of amides is 1. The van der Waals surface area contributed by atoms with Crippen LogP contribution in [0.2, 0.25) is 0 Å². The summed E-state index contributed by atoms with van der Waals surface area (Å²) >= 11 is 6.31. The van der Waals surface area contributed by atoms with Gasteiger partial charge in [0, 0.05) is 5.56 Å². The van der Waals surface area contributed by atoms with Crippen molar-refractivity contribution in [3.8, 4) is 0 Å². The summed E-state index contributed by atoms with van der Waals surface area (Å²) in [5, 5.41) is 0. The van der Waals surface area contributed by atoms with Crippen molar-refractivity contribution in [3.05, 3.63) is 35.9 Å². The number of ketones is 1. The van der Waals surface area contributed by atoms with Crippen LogP contribution in [0.4, 0.5) is 0 Å². The van der Waals surface area contributed by atoms with Crippen molar-refractivity contribution >= 4 is 40.0 Å². The van der Waals surface area contributed by atoms with Gasteiger partial charge in [0.15, 0.2) is 5.78 Å². The SMILES string of the molecule is O=C(CN1C(=O)CSC1=S)c1ccccc1. The highest BCUT2D eigenvalue weighted by atomic mass is 32.2. The zero-order valence-electron chi connectivity index (χ0n) is 8.38. The van der Waals surface area contributed by atoms with E-state index in [4.69, 9.17) is 12.2 Å². The van der Waals surface area contributed by atoms with Crippen LogP contribution in [0.3, 0.4) is 0 Å². The Balaban J connectivity index is 2.08. The highest BCUT2D eigenvalue weighted by Crippen LogP contribution is 2.19. The Morgan fingerprint density at radius 2 is 2.06 bits per heavy atom. The normalized spacial score (nSPS) is 15.6. The molecular weight excluding hydrogens is 242 g/mol. The number of hydrogen-bond donors (Lipinski definition) is 0. The number of rotatable bonds is 3. The van der Waals surface area contributed by atoms with E-state index in [-0.39, 0.29) is 18.2 Å². The molecule has 16 heavy (non-hydrogen) atoms. The van der Waals surface area contributed by atoms with E-state index in [9.17, 15) is 9.59 Å². The first kappa shape index (κ1) is 11.3. The summed E-state index contributed by atoms with van der Waals surface area (Å²) in [4.78, 5) is 24.6. The van der Waals surface area contributed by atoms with Crippen molar-refractivity contribution in [3.63, 3.8) is 0 Å². The van der Waals surface area contributed by atoms with Gasteiger partial charge in [-0.3, -0.25) is 14.5 Å². The highest BCUT2D eigenvalue weighted by molar-refractivity contribution is 8.23. The molecule has 0 spiro atoms. The molecule has 1 heterocycles. The molecule has 0 N–H and O–H groups in total. The van der Waals surface area contributed by atoms with E-state index < -0.39 is 0 Å². The third kappa shape index (κ3) is 2.31. The number of thiocarbonyl (C=S) groups is 1. The van der Waals surface area contributed by atoms with Crippen LogP contribution >= 0.6 is 24.0 Å². The molecule has 2 rings (SSSR count). The van der Waals surface area contributed by atoms with Gasteiger partial charge in [-0.05, 0) is 0 Å². The van der Waals surface area contributed by atoms with Gasteiger partial charge in [0.25, 0.3) is 0 Å². The molecule has 5 heteroatoms. The molecule has 1 aliphatic rings. The number of Topliss-reactive ketones (excluding diaryl/α,β-unsaturated/α-hetero) is 1. The Labute approximate surface area is 103 Å². The van der Waals surface area contributed by atoms with Crippen molar-refractivity contribution in [2.45, 2.75) is 0 Å². The maximum Gasteiger partial charge on any atom is 0.238 e. The van der Waals surface area contributed by atoms with Crippen LogP contribution in [-0.4, -0.2) is 33.2 Å². The summed E-state index contributed by atoms with van der Waals surface area (Å²) in [7, 11) is 0. The molecule has 1 saturated heterocycles. The average Bonchev–Trinajstić information content (AvgIpc) is 2.62. The fourth-order valence-corrected chi connectivity index (χ4v) is 2.46. The minimum Gasteiger partial charge on any atom is -0.292 e. The number of nitrogens with zero attached hydrogens (tertiary/aromatic N) is 1. The second kappa shape index (κ2) is 4.76. The zero-order chi connectivity index (χ0) is 11.5. The molecule has 0 radical (unpaired) electrons. The van der Waals surface area contributed by atoms with Gasteiger partial charge < -0.3 is 0 Å². The fourth-order valence-electron chi connectivity index (χ4n) is 1.39. The molecule has 3 nitrogen and oxygen atoms in total. The van der Waals surface area contributed by atoms with Gasteiger partial charge in [0.1, 0.15) is 4.32 Å². The Kier molecular flexibility index (Phi) is 3.36. The fraction of sp³-hybridized carbons (Fsp3) is 0.182. The third-order valence-electron chi connectivity index (χ3n) is 2.24. The standard InChI is InChI=1S/C11H9NO2S2/c13-9(8-4-2-1-3-5-8)6-12-10(14)7-16-11(12)15/h1-5H,6-7H2. The van der Waals surface area contributed by atoms with Crippen LogP contribution in [0.15, 0.2) is 30.3 Å². The highest BCUT2D eigenvalue weighted by Gasteiger charge is 2.28. The molecule has 0 atom stereocenters. The summed E-state index contributed by atoms with van der Waals surface area (Å²) in [6.07, 6.45) is 0. The number of hydrogen-bond acceptors (Lipinski definition) is 4. The third-order valence-corrected chi connectivity index (χ3v) is 3.67. The number of carbonyl (C=O) groups is 2. The minimum atomic E-state index is -0.0844. The number of carbonyl (C=O) groups excluding carboxylic acids is 2. The molecular formula is C11H9NO2S2. The first-order chi connectivity index (χ1) is 7.68. The second-order valence-electron chi connectivity index (χ2n) is 3.32. The minimum absolute atomic E-state index is 0.0503. The summed E-state index contributed by atoms with van der Waals surface area (Å²) in [6, 6.07) is 8.91. The lowest BCUT2D eigenvalue weighted by atomic mass is 10.1. The molecule has 1 fully saturated rings. The topological polar surface area (TPSA) is 37.4 Å². The first-order valence-corrected chi connectivity index (χ1v) is 6.13. The molecule has 0 saturated carbocycles. The van der Waals surface area contributed by atoms with Crippen molar-refractivity contribution in [2.75, 3.05) is 12.3 Å². The van der Waals surface area contributed by atoms with Crippen molar-refractivity contribution in [2.24, 2.45) is 0 Å². The lowest BCUT2D eigenvalue weighted by Crippen LogP contribution is -2.33. The predicted octanol–water partition coefficient (Wildman–Crippen LogP) is 1.73. The molecule has 1 aromatic rings. The lowest BCUT2D eigenvalue weighted by molar-refractivity contribution is -0.123. The van der Waals surface area contributed by atoms with E-state index in [0.717, 1.165) is 0 Å². The zero-order valence-corrected chi connectivity index (χ0v) is 10.0. The molecule has 0 bridgehead atoms. The Bertz CT molecular complexity index is 429. The van der Waals surface area contributed by atoms with Crippen LogP contribution < -0.4 is 0 Å². The monoisotopic (exact) mass is 251 g/mol. The van der Waals surface area contributed by atoms with Crippen molar-refractivity contribution in [1.29, 1.82) is 0 Å². The van der Waals surface area contributed by atoms with Crippen LogP contribution in [0, 0.1) is 0 Å². The van der Waals surface area contributed by atoms with Gasteiger partial charge in [0.05, 0.1) is 12.3 Å². The maximum atomic E-state index is 11.8. The van der Waals surface area contributed by atoms with Gasteiger partial charge in [-0.25, -0.2) is 0 Å². The summed E-state index contributed by atoms with van der Waals surface area (Å²) < 4.78 is 0.495. The average molecular weight is 251 g/mol. The van der Waals surface area contributed by atoms with Gasteiger partial charge in [-0.2, -0.15) is 0 Å². The summed E-state index contributed by atoms with van der Waals surface area (Å²) in [6.45, 7) is 0.0503. The van der Waals surface area contributed by atoms with E-state index in [2.05, 4.69) is 0 Å². The molecule has 82 valence electrons. The summed E-state index contributed by atoms with van der Waals surface area (Å²) in [5.41, 5.74) is 0.606. The summed E-state index contributed by atoms with van der Waals surface area (Å²) in [5.74, 6) is 0.180. The van der Waals surface area contributed by atoms with Crippen LogP contribution in [0.25, 0.3) is 0 Å². The molecule has 1 aliphatic heterocycles. The molecule has 0 unspecified atom stereocenters. The van der Waals surface area contributed by atoms with Gasteiger partial charge in [0.2, 0.25) is 5.91 Å². The first-order valence-electron chi connectivity index (χ1n) is 4.74. The Morgan fingerprint density at radius 3 is 2.62 bits per heavy atom. The smallest absolute Gasteiger partial charge is 0.238 e. The predicted molar refractivity (Wildman–Crippen MR) is 67.5 cm³/mol. The number of thioether (sulfide) groups is 1. The maximum absolute atomic E-state index is 11.8. The second-order valence-corrected chi connectivity index (χ2v) is 4.93. The van der Waals surface area contributed by atoms with Gasteiger partial charge in [-0.1, -0.05) is 54.3 Å². The Morgan fingerprint density at radius 1 is 1.38 bits per heavy atom. The Hall–Kier alpha value is -1.20. The van der Waals surface area contributed by atoms with Crippen molar-refractivity contribution in [1.82, 2.24) is 4.90 Å². The van der Waals surface area contributed by atoms with Gasteiger partial charge >= 0.3 is 0 Å². The van der Waals surface area contributed by atoms with E-state index in [1.807, 2.05) is 6.07 Å². The van der Waals surface area contributed by atoms with Gasteiger partial charge in [-0.15, -0.1) is 0 Å². The molecule has 0 aliphatic carbocycles. The molecule has 0 aromatic heterocycles. The van der Waals surface area contributed by atoms with E-state index in [1.165, 1.54) is 16.7 Å². The van der Waals surface area contributed by atoms with E-state index in [0.29, 0.717) is 15.6 Å². The lowest BCUT2D eigenvalue weighted by Gasteiger charge is -2.13. The quantitative estimate of drug-likeness (QED) is 0.605. The van der Waals surface area contributed by atoms with Crippen LogP contribution in [0.1, 0.15) is 10.4 Å². The number of benzene rings is 1. The van der Waals surface area contributed by atoms with Crippen LogP contribution in [0.5, 0.6) is 0 Å². The largest absolute Gasteiger partial charge is 0.292 e. The van der Waals surface area contributed by atoms with Crippen molar-refractivity contribution < 1.29 is 9.59 Å². The molecule has 1 amide bonds.